The summed E-state index contributed by atoms with van der Waals surface area (Å²) in [4.78, 5) is 26.2. The van der Waals surface area contributed by atoms with Gasteiger partial charge in [0.05, 0.1) is 11.9 Å². The Balaban J connectivity index is 1.76. The highest BCUT2D eigenvalue weighted by Gasteiger charge is 2.54. The van der Waals surface area contributed by atoms with Crippen molar-refractivity contribution in [1.29, 1.82) is 0 Å². The highest BCUT2D eigenvalue weighted by atomic mass is 16.2. The van der Waals surface area contributed by atoms with E-state index in [2.05, 4.69) is 48.6 Å². The van der Waals surface area contributed by atoms with Crippen LogP contribution in [-0.4, -0.2) is 21.6 Å². The molecule has 1 spiro atoms. The van der Waals surface area contributed by atoms with Crippen molar-refractivity contribution >= 4 is 23.3 Å². The Kier molecular flexibility index (Phi) is 4.07. The lowest BCUT2D eigenvalue weighted by Gasteiger charge is -2.32. The van der Waals surface area contributed by atoms with Crippen molar-refractivity contribution in [2.75, 3.05) is 10.6 Å². The molecule has 2 aliphatic heterocycles. The number of para-hydroxylation sites is 1. The molecule has 2 amide bonds. The number of anilines is 2. The first-order chi connectivity index (χ1) is 14.5. The quantitative estimate of drug-likeness (QED) is 0.694. The number of nitrogens with one attached hydrogen (secondary N) is 2. The van der Waals surface area contributed by atoms with Crippen molar-refractivity contribution in [3.8, 4) is 5.69 Å². The van der Waals surface area contributed by atoms with Gasteiger partial charge in [-0.25, -0.2) is 4.68 Å². The Morgan fingerprint density at radius 1 is 1.10 bits per heavy atom. The van der Waals surface area contributed by atoms with Gasteiger partial charge in [0.1, 0.15) is 11.2 Å². The average Bonchev–Trinajstić information content (AvgIpc) is 3.27. The van der Waals surface area contributed by atoms with Gasteiger partial charge in [0.25, 0.3) is 0 Å². The summed E-state index contributed by atoms with van der Waals surface area (Å²) >= 11 is 0. The zero-order chi connectivity index (χ0) is 21.0. The molecule has 3 heterocycles. The summed E-state index contributed by atoms with van der Waals surface area (Å²) in [5.41, 5.74) is 4.48. The third-order valence-corrected chi connectivity index (χ3v) is 6.32. The van der Waals surface area contributed by atoms with Crippen molar-refractivity contribution in [1.82, 2.24) is 9.78 Å². The third kappa shape index (κ3) is 2.46. The van der Waals surface area contributed by atoms with Gasteiger partial charge < -0.3 is 10.6 Å². The molecule has 0 unspecified atom stereocenters. The topological polar surface area (TPSA) is 76.0 Å². The Bertz CT molecular complexity index is 1190. The van der Waals surface area contributed by atoms with Gasteiger partial charge in [0, 0.05) is 17.7 Å². The normalized spacial score (nSPS) is 19.6. The number of rotatable bonds is 3. The number of aromatic nitrogens is 2. The number of benzene rings is 2. The molecule has 152 valence electrons. The second-order valence-corrected chi connectivity index (χ2v) is 8.35. The molecule has 30 heavy (non-hydrogen) atoms. The molecular formula is C24H24N4O2. The second kappa shape index (κ2) is 6.55. The van der Waals surface area contributed by atoms with Gasteiger partial charge in [0.15, 0.2) is 0 Å². The largest absolute Gasteiger partial charge is 0.325 e. The van der Waals surface area contributed by atoms with Crippen molar-refractivity contribution < 1.29 is 9.59 Å². The fourth-order valence-corrected chi connectivity index (χ4v) is 4.67. The summed E-state index contributed by atoms with van der Waals surface area (Å²) < 4.78 is 1.75. The van der Waals surface area contributed by atoms with Gasteiger partial charge >= 0.3 is 0 Å². The van der Waals surface area contributed by atoms with Crippen LogP contribution >= 0.6 is 0 Å². The Hall–Kier alpha value is -3.41. The standard InChI is InChI=1S/C24H24N4O2/c1-4-15-7-5-6-8-20(15)28-22-18(13-25-28)24(12-21(29)27-22)17-11-16(14(2)3)9-10-19(17)26-23(24)30/h5-11,13-14H,4,12H2,1-3H3,(H,26,30)(H,27,29)/t24-/m1/s1. The molecular weight excluding hydrogens is 376 g/mol. The Labute approximate surface area is 175 Å². The van der Waals surface area contributed by atoms with E-state index in [-0.39, 0.29) is 18.2 Å². The van der Waals surface area contributed by atoms with Crippen molar-refractivity contribution in [2.24, 2.45) is 0 Å². The maximum absolute atomic E-state index is 13.3. The highest BCUT2D eigenvalue weighted by Crippen LogP contribution is 2.50. The molecule has 0 saturated carbocycles. The molecule has 5 rings (SSSR count). The third-order valence-electron chi connectivity index (χ3n) is 6.32. The van der Waals surface area contributed by atoms with Crippen LogP contribution in [0.15, 0.2) is 48.7 Å². The molecule has 2 aromatic carbocycles. The predicted octanol–water partition coefficient (Wildman–Crippen LogP) is 4.14. The summed E-state index contributed by atoms with van der Waals surface area (Å²) in [5.74, 6) is 0.540. The second-order valence-electron chi connectivity index (χ2n) is 8.35. The SMILES string of the molecule is CCc1ccccc1-n1ncc2c1NC(=O)C[C@]21C(=O)Nc2ccc(C(C)C)cc21. The average molecular weight is 400 g/mol. The van der Waals surface area contributed by atoms with Crippen LogP contribution in [0.4, 0.5) is 11.5 Å². The van der Waals surface area contributed by atoms with E-state index in [0.717, 1.165) is 40.0 Å². The molecule has 3 aromatic rings. The van der Waals surface area contributed by atoms with Crippen molar-refractivity contribution in [3.63, 3.8) is 0 Å². The van der Waals surface area contributed by atoms with E-state index in [4.69, 9.17) is 0 Å². The fourth-order valence-electron chi connectivity index (χ4n) is 4.67. The summed E-state index contributed by atoms with van der Waals surface area (Å²) in [7, 11) is 0. The minimum absolute atomic E-state index is 0.0709. The molecule has 0 fully saturated rings. The molecule has 6 heteroatoms. The lowest BCUT2D eigenvalue weighted by molar-refractivity contribution is -0.125. The smallest absolute Gasteiger partial charge is 0.240 e. The van der Waals surface area contributed by atoms with Gasteiger partial charge in [0.2, 0.25) is 11.8 Å². The van der Waals surface area contributed by atoms with Crippen LogP contribution < -0.4 is 10.6 Å². The molecule has 0 radical (unpaired) electrons. The number of amides is 2. The first-order valence-corrected chi connectivity index (χ1v) is 10.4. The lowest BCUT2D eigenvalue weighted by Crippen LogP contribution is -2.43. The Morgan fingerprint density at radius 2 is 1.90 bits per heavy atom. The first kappa shape index (κ1) is 18.6. The van der Waals surface area contributed by atoms with Crippen LogP contribution in [0, 0.1) is 0 Å². The number of carbonyl (C=O) groups excluding carboxylic acids is 2. The fraction of sp³-hybridized carbons (Fsp3) is 0.292. The monoisotopic (exact) mass is 400 g/mol. The zero-order valence-electron chi connectivity index (χ0n) is 17.3. The Morgan fingerprint density at radius 3 is 2.67 bits per heavy atom. The van der Waals surface area contributed by atoms with Gasteiger partial charge in [-0.2, -0.15) is 5.10 Å². The minimum atomic E-state index is -1.06. The molecule has 0 saturated heterocycles. The summed E-state index contributed by atoms with van der Waals surface area (Å²) in [5, 5.41) is 10.6. The van der Waals surface area contributed by atoms with E-state index in [9.17, 15) is 9.59 Å². The number of hydrogen-bond donors (Lipinski definition) is 2. The maximum Gasteiger partial charge on any atom is 0.240 e. The number of nitrogens with zero attached hydrogens (tertiary/aromatic N) is 2. The summed E-state index contributed by atoms with van der Waals surface area (Å²) in [6, 6.07) is 14.0. The number of hydrogen-bond acceptors (Lipinski definition) is 3. The zero-order valence-corrected chi connectivity index (χ0v) is 17.3. The van der Waals surface area contributed by atoms with Crippen LogP contribution in [0.5, 0.6) is 0 Å². The highest BCUT2D eigenvalue weighted by molar-refractivity contribution is 6.14. The van der Waals surface area contributed by atoms with E-state index < -0.39 is 5.41 Å². The van der Waals surface area contributed by atoms with Gasteiger partial charge in [-0.3, -0.25) is 9.59 Å². The summed E-state index contributed by atoms with van der Waals surface area (Å²) in [6.07, 6.45) is 2.64. The van der Waals surface area contributed by atoms with Crippen LogP contribution in [0.3, 0.4) is 0 Å². The number of aryl methyl sites for hydroxylation is 1. The van der Waals surface area contributed by atoms with E-state index in [0.29, 0.717) is 11.7 Å². The van der Waals surface area contributed by atoms with Crippen LogP contribution in [0.1, 0.15) is 55.4 Å². The van der Waals surface area contributed by atoms with Crippen LogP contribution in [0.25, 0.3) is 5.69 Å². The minimum Gasteiger partial charge on any atom is -0.325 e. The van der Waals surface area contributed by atoms with Crippen LogP contribution in [-0.2, 0) is 21.4 Å². The molecule has 2 N–H and O–H groups in total. The van der Waals surface area contributed by atoms with Crippen molar-refractivity contribution in [2.45, 2.75) is 44.9 Å². The number of carbonyl (C=O) groups is 2. The molecule has 2 aliphatic rings. The van der Waals surface area contributed by atoms with E-state index >= 15 is 0 Å². The predicted molar refractivity (Wildman–Crippen MR) is 116 cm³/mol. The van der Waals surface area contributed by atoms with E-state index in [1.54, 1.807) is 10.9 Å². The van der Waals surface area contributed by atoms with Crippen LogP contribution in [0.2, 0.25) is 0 Å². The maximum atomic E-state index is 13.3. The van der Waals surface area contributed by atoms with Crippen molar-refractivity contribution in [3.05, 3.63) is 70.9 Å². The molecule has 0 aliphatic carbocycles. The van der Waals surface area contributed by atoms with E-state index in [1.165, 1.54) is 0 Å². The molecule has 1 aromatic heterocycles. The number of fused-ring (bicyclic) bond motifs is 4. The molecule has 1 atom stereocenters. The van der Waals surface area contributed by atoms with E-state index in [1.807, 2.05) is 30.3 Å². The first-order valence-electron chi connectivity index (χ1n) is 10.4. The van der Waals surface area contributed by atoms with Gasteiger partial charge in [-0.1, -0.05) is 51.1 Å². The summed E-state index contributed by atoms with van der Waals surface area (Å²) in [6.45, 7) is 6.33. The van der Waals surface area contributed by atoms with Gasteiger partial charge in [-0.15, -0.1) is 0 Å². The van der Waals surface area contributed by atoms with Gasteiger partial charge in [-0.05, 0) is 41.2 Å². The lowest BCUT2D eigenvalue weighted by atomic mass is 9.71. The molecule has 6 nitrogen and oxygen atoms in total. The molecule has 0 bridgehead atoms.